The van der Waals surface area contributed by atoms with E-state index in [0.717, 1.165) is 11.4 Å². The Kier molecular flexibility index (Phi) is 11.3. The summed E-state index contributed by atoms with van der Waals surface area (Å²) in [4.78, 5) is 4.94. The van der Waals surface area contributed by atoms with Crippen LogP contribution in [-0.2, 0) is 10.8 Å². The smallest absolute Gasteiger partial charge is 0.0754 e. The Bertz CT molecular complexity index is 5430. The molecule has 20 rings (SSSR count). The summed E-state index contributed by atoms with van der Waals surface area (Å²) in [7, 11) is 0. The summed E-state index contributed by atoms with van der Waals surface area (Å²) in [5.41, 5.74) is 30.8. The maximum Gasteiger partial charge on any atom is 0.0754 e. The van der Waals surface area contributed by atoms with Gasteiger partial charge >= 0.3 is 0 Å². The van der Waals surface area contributed by atoms with Crippen LogP contribution >= 0.6 is 0 Å². The minimum atomic E-state index is -0.616. The van der Waals surface area contributed by atoms with E-state index in [4.69, 9.17) is 0 Å². The maximum atomic E-state index is 2.57. The van der Waals surface area contributed by atoms with Gasteiger partial charge in [0.05, 0.1) is 33.6 Å². The van der Waals surface area contributed by atoms with Gasteiger partial charge in [0, 0.05) is 11.4 Å². The molecule has 2 heteroatoms. The molecule has 0 bridgehead atoms. The van der Waals surface area contributed by atoms with Gasteiger partial charge in [-0.15, -0.1) is 0 Å². The highest BCUT2D eigenvalue weighted by molar-refractivity contribution is 6.22. The highest BCUT2D eigenvalue weighted by Gasteiger charge is 2.54. The SMILES string of the molecule is c1ccc(-c2cc(-c3c4cccc(-c5cccc6c5-c5ccccc5C65c6ccccc6N(c6ccccc6)c6ccccc65)c4cc4c(-c5cccc6c5-c5ccccc5C65c6ccccc6N(c6ccccc6)c6ccccc65)cccc34)cc3ccccc23)cc1. The van der Waals surface area contributed by atoms with Gasteiger partial charge in [-0.2, -0.15) is 0 Å². The van der Waals surface area contributed by atoms with E-state index in [1.165, 1.54) is 166 Å². The minimum Gasteiger partial charge on any atom is -0.310 e. The van der Waals surface area contributed by atoms with Crippen LogP contribution in [0.3, 0.4) is 0 Å². The van der Waals surface area contributed by atoms with Crippen molar-refractivity contribution in [2.24, 2.45) is 0 Å². The fourth-order valence-corrected chi connectivity index (χ4v) is 17.7. The Morgan fingerprint density at radius 3 is 0.989 bits per heavy atom. The highest BCUT2D eigenvalue weighted by Crippen LogP contribution is 2.67. The first-order valence-electron chi connectivity index (χ1n) is 32.8. The van der Waals surface area contributed by atoms with Gasteiger partial charge in [0.15, 0.2) is 0 Å². The van der Waals surface area contributed by atoms with Crippen molar-refractivity contribution in [1.29, 1.82) is 0 Å². The molecule has 0 saturated carbocycles. The first kappa shape index (κ1) is 52.7. The Labute approximate surface area is 546 Å². The first-order chi connectivity index (χ1) is 46.7. The lowest BCUT2D eigenvalue weighted by Gasteiger charge is -2.45. The third kappa shape index (κ3) is 7.09. The second-order valence-corrected chi connectivity index (χ2v) is 25.6. The summed E-state index contributed by atoms with van der Waals surface area (Å²) in [5, 5.41) is 7.28. The van der Waals surface area contributed by atoms with E-state index in [9.17, 15) is 0 Å². The van der Waals surface area contributed by atoms with E-state index in [-0.39, 0.29) is 0 Å². The standard InChI is InChI=1S/C92H58N2/c1-4-28-59(29-5-1)73-57-61(56-60-30-10-11-35-64(60)73)88-69-40-24-38-65(67-42-26-50-82-89(67)71-36-12-14-44-76(71)91(82)78-46-16-20-52-84(78)93(62-31-6-2-7-32-62)85-53-21-17-47-79(85)91)74(69)58-75-66(39-25-41-70(75)88)68-43-27-51-83-90(68)72-37-13-15-45-77(72)92(83)80-48-18-22-54-86(80)94(63-33-8-3-9-34-63)87-55-23-19-49-81(87)92/h1-58H. The second-order valence-electron chi connectivity index (χ2n) is 25.6. The number of hydrogen-bond donors (Lipinski definition) is 0. The van der Waals surface area contributed by atoms with Crippen LogP contribution in [0.2, 0.25) is 0 Å². The predicted octanol–water partition coefficient (Wildman–Crippen LogP) is 24.1. The maximum absolute atomic E-state index is 2.57. The van der Waals surface area contributed by atoms with Gasteiger partial charge in [-0.1, -0.05) is 285 Å². The van der Waals surface area contributed by atoms with E-state index in [2.05, 4.69) is 362 Å². The van der Waals surface area contributed by atoms with Crippen molar-refractivity contribution < 1.29 is 0 Å². The van der Waals surface area contributed by atoms with Gasteiger partial charge in [-0.05, 0) is 210 Å². The van der Waals surface area contributed by atoms with Gasteiger partial charge in [0.1, 0.15) is 0 Å². The van der Waals surface area contributed by atoms with Crippen LogP contribution in [0.4, 0.5) is 34.1 Å². The normalized spacial score (nSPS) is 13.9. The van der Waals surface area contributed by atoms with Crippen LogP contribution in [0, 0.1) is 0 Å². The van der Waals surface area contributed by atoms with Crippen LogP contribution < -0.4 is 9.80 Å². The molecule has 2 aliphatic carbocycles. The highest BCUT2D eigenvalue weighted by atomic mass is 15.2. The fraction of sp³-hybridized carbons (Fsp3) is 0.0217. The Morgan fingerprint density at radius 2 is 0.521 bits per heavy atom. The molecular weight excluding hydrogens is 1130 g/mol. The zero-order valence-corrected chi connectivity index (χ0v) is 51.4. The lowest BCUT2D eigenvalue weighted by atomic mass is 9.64. The average molecular weight is 1190 g/mol. The average Bonchev–Trinajstić information content (AvgIpc) is 1.45. The van der Waals surface area contributed by atoms with E-state index in [0.29, 0.717) is 0 Å². The third-order valence-electron chi connectivity index (χ3n) is 21.2. The summed E-state index contributed by atoms with van der Waals surface area (Å²) in [6.45, 7) is 0. The summed E-state index contributed by atoms with van der Waals surface area (Å²) in [6, 6.07) is 133. The van der Waals surface area contributed by atoms with Crippen LogP contribution in [0.15, 0.2) is 352 Å². The van der Waals surface area contributed by atoms with Crippen molar-refractivity contribution in [2.75, 3.05) is 9.80 Å². The lowest BCUT2D eigenvalue weighted by Crippen LogP contribution is -2.36. The van der Waals surface area contributed by atoms with Crippen LogP contribution in [0.5, 0.6) is 0 Å². The molecule has 2 aliphatic heterocycles. The number of nitrogens with zero attached hydrogens (tertiary/aromatic N) is 2. The number of hydrogen-bond acceptors (Lipinski definition) is 2. The van der Waals surface area contributed by atoms with Gasteiger partial charge in [0.2, 0.25) is 0 Å². The summed E-state index contributed by atoms with van der Waals surface area (Å²) >= 11 is 0. The molecule has 0 radical (unpaired) electrons. The zero-order valence-electron chi connectivity index (χ0n) is 51.4. The molecule has 2 nitrogen and oxygen atoms in total. The van der Waals surface area contributed by atoms with E-state index >= 15 is 0 Å². The van der Waals surface area contributed by atoms with Crippen LogP contribution in [0.1, 0.15) is 44.5 Å². The second kappa shape index (κ2) is 20.2. The molecule has 0 aromatic heterocycles. The largest absolute Gasteiger partial charge is 0.310 e. The molecule has 436 valence electrons. The topological polar surface area (TPSA) is 6.48 Å². The molecular formula is C92H58N2. The summed E-state index contributed by atoms with van der Waals surface area (Å²) < 4.78 is 0. The van der Waals surface area contributed by atoms with Crippen LogP contribution in [0.25, 0.3) is 99.1 Å². The molecule has 16 aromatic carbocycles. The number of fused-ring (bicyclic) bond motifs is 21. The van der Waals surface area contributed by atoms with E-state index < -0.39 is 10.8 Å². The number of benzene rings is 16. The Morgan fingerprint density at radius 1 is 0.181 bits per heavy atom. The first-order valence-corrected chi connectivity index (χ1v) is 32.8. The molecule has 4 aliphatic rings. The fourth-order valence-electron chi connectivity index (χ4n) is 17.7. The molecule has 0 amide bonds. The monoisotopic (exact) mass is 1190 g/mol. The Balaban J connectivity index is 0.880. The predicted molar refractivity (Wildman–Crippen MR) is 392 cm³/mol. The quantitative estimate of drug-likeness (QED) is 0.153. The molecule has 0 saturated heterocycles. The lowest BCUT2D eigenvalue weighted by molar-refractivity contribution is 0.753. The van der Waals surface area contributed by atoms with Crippen molar-refractivity contribution >= 4 is 66.4 Å². The molecule has 2 heterocycles. The third-order valence-corrected chi connectivity index (χ3v) is 21.2. The van der Waals surface area contributed by atoms with Gasteiger partial charge < -0.3 is 9.80 Å². The van der Waals surface area contributed by atoms with Gasteiger partial charge in [-0.25, -0.2) is 0 Å². The van der Waals surface area contributed by atoms with E-state index in [1.807, 2.05) is 0 Å². The van der Waals surface area contributed by atoms with Crippen molar-refractivity contribution in [3.63, 3.8) is 0 Å². The molecule has 94 heavy (non-hydrogen) atoms. The summed E-state index contributed by atoms with van der Waals surface area (Å²) in [5.74, 6) is 0. The van der Waals surface area contributed by atoms with Gasteiger partial charge in [0.25, 0.3) is 0 Å². The van der Waals surface area contributed by atoms with Crippen LogP contribution in [-0.4, -0.2) is 0 Å². The molecule has 0 atom stereocenters. The zero-order chi connectivity index (χ0) is 61.6. The Hall–Kier alpha value is -12.1. The minimum absolute atomic E-state index is 0.616. The molecule has 0 unspecified atom stereocenters. The van der Waals surface area contributed by atoms with Gasteiger partial charge in [-0.3, -0.25) is 0 Å². The number of rotatable bonds is 6. The number of para-hydroxylation sites is 6. The molecule has 16 aromatic rings. The van der Waals surface area contributed by atoms with Crippen molar-refractivity contribution in [3.8, 4) is 66.8 Å². The molecule has 0 N–H and O–H groups in total. The summed E-state index contributed by atoms with van der Waals surface area (Å²) in [6.07, 6.45) is 0. The molecule has 0 fully saturated rings. The molecule has 2 spiro atoms. The van der Waals surface area contributed by atoms with Crippen molar-refractivity contribution in [2.45, 2.75) is 10.8 Å². The van der Waals surface area contributed by atoms with Crippen molar-refractivity contribution in [3.05, 3.63) is 396 Å². The van der Waals surface area contributed by atoms with Crippen molar-refractivity contribution in [1.82, 2.24) is 0 Å². The van der Waals surface area contributed by atoms with E-state index in [1.54, 1.807) is 0 Å². The number of anilines is 6.